The van der Waals surface area contributed by atoms with E-state index in [1.165, 1.54) is 6.42 Å². The van der Waals surface area contributed by atoms with Crippen LogP contribution in [-0.2, 0) is 20.2 Å². The highest BCUT2D eigenvalue weighted by Gasteiger charge is 2.61. The number of rotatable bonds is 2. The Balaban J connectivity index is 1.55. The second-order valence-electron chi connectivity index (χ2n) is 6.56. The van der Waals surface area contributed by atoms with Crippen LogP contribution in [0.5, 0.6) is 0 Å². The Morgan fingerprint density at radius 3 is 2.10 bits per heavy atom. The number of ether oxygens (including phenoxy) is 3. The van der Waals surface area contributed by atoms with Crippen LogP contribution in [0.2, 0.25) is 0 Å². The van der Waals surface area contributed by atoms with Gasteiger partial charge in [0.05, 0.1) is 19.8 Å². The van der Waals surface area contributed by atoms with E-state index in [-0.39, 0.29) is 5.41 Å². The lowest BCUT2D eigenvalue weighted by molar-refractivity contribution is -0.482. The van der Waals surface area contributed by atoms with E-state index in [4.69, 9.17) is 14.2 Å². The van der Waals surface area contributed by atoms with Crippen LogP contribution >= 0.6 is 0 Å². The highest BCUT2D eigenvalue weighted by Crippen LogP contribution is 2.57. The largest absolute Gasteiger partial charge is 0.323 e. The molecule has 110 valence electrons. The number of fused-ring (bicyclic) bond motifs is 3. The van der Waals surface area contributed by atoms with Crippen molar-refractivity contribution in [2.24, 2.45) is 17.3 Å². The Morgan fingerprint density at radius 1 is 1.05 bits per heavy atom. The van der Waals surface area contributed by atoms with Crippen molar-refractivity contribution < 1.29 is 14.2 Å². The molecule has 0 amide bonds. The maximum Gasteiger partial charge on any atom is 0.312 e. The minimum absolute atomic E-state index is 0.0782. The first-order valence-electron chi connectivity index (χ1n) is 7.63. The third-order valence-electron chi connectivity index (χ3n) is 5.05. The van der Waals surface area contributed by atoms with Crippen LogP contribution in [0, 0.1) is 29.1 Å². The molecule has 3 nitrogen and oxygen atoms in total. The zero-order valence-corrected chi connectivity index (χ0v) is 12.5. The summed E-state index contributed by atoms with van der Waals surface area (Å²) < 4.78 is 18.1. The third kappa shape index (κ3) is 2.02. The summed E-state index contributed by atoms with van der Waals surface area (Å²) in [6.45, 7) is 6.33. The topological polar surface area (TPSA) is 27.7 Å². The van der Waals surface area contributed by atoms with Gasteiger partial charge in [0.2, 0.25) is 0 Å². The van der Waals surface area contributed by atoms with Crippen LogP contribution in [0.15, 0.2) is 24.3 Å². The number of hydrogen-bond acceptors (Lipinski definition) is 3. The molecule has 0 aromatic heterocycles. The lowest BCUT2D eigenvalue weighted by atomic mass is 9.82. The smallest absolute Gasteiger partial charge is 0.312 e. The Bertz CT molecular complexity index is 583. The van der Waals surface area contributed by atoms with Crippen LogP contribution in [0.1, 0.15) is 31.4 Å². The summed E-state index contributed by atoms with van der Waals surface area (Å²) in [5.41, 5.74) is 1.99. The molecule has 2 atom stereocenters. The highest BCUT2D eigenvalue weighted by molar-refractivity contribution is 5.36. The van der Waals surface area contributed by atoms with Gasteiger partial charge in [-0.3, -0.25) is 0 Å². The van der Waals surface area contributed by atoms with Gasteiger partial charge >= 0.3 is 5.97 Å². The maximum absolute atomic E-state index is 6.02. The predicted molar refractivity (Wildman–Crippen MR) is 78.2 cm³/mol. The van der Waals surface area contributed by atoms with E-state index in [1.54, 1.807) is 0 Å². The van der Waals surface area contributed by atoms with Gasteiger partial charge in [-0.05, 0) is 49.4 Å². The fourth-order valence-electron chi connectivity index (χ4n) is 3.61. The summed E-state index contributed by atoms with van der Waals surface area (Å²) in [6, 6.07) is 7.93. The molecule has 4 fully saturated rings. The van der Waals surface area contributed by atoms with Crippen molar-refractivity contribution in [3.8, 4) is 11.8 Å². The zero-order chi connectivity index (χ0) is 14.5. The average Bonchev–Trinajstić information content (AvgIpc) is 3.28. The first-order valence-corrected chi connectivity index (χ1v) is 7.63. The first-order chi connectivity index (χ1) is 10.2. The van der Waals surface area contributed by atoms with Crippen molar-refractivity contribution in [1.82, 2.24) is 0 Å². The molecular formula is C18H20O3. The Morgan fingerprint density at radius 2 is 1.62 bits per heavy atom. The molecule has 1 saturated carbocycles. The molecule has 5 rings (SSSR count). The monoisotopic (exact) mass is 284 g/mol. The van der Waals surface area contributed by atoms with Crippen LogP contribution in [0.25, 0.3) is 0 Å². The first kappa shape index (κ1) is 13.3. The SMILES string of the molecule is CC#Cc1ccc(C23OCC([C@@H]4C[C@H]4C)(CO2)CO3)cc1. The molecule has 0 radical (unpaired) electrons. The zero-order valence-electron chi connectivity index (χ0n) is 12.5. The predicted octanol–water partition coefficient (Wildman–Crippen LogP) is 2.89. The molecule has 3 aliphatic heterocycles. The lowest BCUT2D eigenvalue weighted by Gasteiger charge is -2.52. The Hall–Kier alpha value is -1.34. The quantitative estimate of drug-likeness (QED) is 0.782. The van der Waals surface area contributed by atoms with Crippen LogP contribution in [0.4, 0.5) is 0 Å². The van der Waals surface area contributed by atoms with E-state index in [0.717, 1.165) is 36.9 Å². The Labute approximate surface area is 125 Å². The minimum Gasteiger partial charge on any atom is -0.323 e. The van der Waals surface area contributed by atoms with Crippen molar-refractivity contribution >= 4 is 0 Å². The molecule has 4 aliphatic rings. The van der Waals surface area contributed by atoms with Crippen molar-refractivity contribution in [2.45, 2.75) is 26.2 Å². The minimum atomic E-state index is -1.00. The standard InChI is InChI=1S/C18H20O3/c1-3-4-14-5-7-15(8-6-14)18-19-10-17(11-20-18,12-21-18)16-9-13(16)2/h5-8,13,16H,9-12H2,1-2H3/t13-,16-,17?,18?/m1/s1. The molecule has 3 saturated heterocycles. The maximum atomic E-state index is 6.02. The van der Waals surface area contributed by atoms with Gasteiger partial charge in [0.15, 0.2) is 0 Å². The van der Waals surface area contributed by atoms with Gasteiger partial charge in [-0.15, -0.1) is 5.92 Å². The fourth-order valence-corrected chi connectivity index (χ4v) is 3.61. The summed E-state index contributed by atoms with van der Waals surface area (Å²) in [5.74, 6) is 6.41. The van der Waals surface area contributed by atoms with Crippen LogP contribution in [-0.4, -0.2) is 19.8 Å². The van der Waals surface area contributed by atoms with E-state index in [9.17, 15) is 0 Å². The molecule has 1 aromatic carbocycles. The molecule has 0 spiro atoms. The van der Waals surface area contributed by atoms with E-state index >= 15 is 0 Å². The molecule has 1 aromatic rings. The molecule has 3 heterocycles. The van der Waals surface area contributed by atoms with Gasteiger partial charge < -0.3 is 14.2 Å². The third-order valence-corrected chi connectivity index (χ3v) is 5.05. The summed E-state index contributed by atoms with van der Waals surface area (Å²) in [5, 5.41) is 0. The number of hydrogen-bond donors (Lipinski definition) is 0. The number of benzene rings is 1. The normalized spacial score (nSPS) is 40.5. The lowest BCUT2D eigenvalue weighted by Crippen LogP contribution is -2.59. The van der Waals surface area contributed by atoms with Gasteiger partial charge in [-0.1, -0.05) is 12.8 Å². The molecule has 1 aliphatic carbocycles. The van der Waals surface area contributed by atoms with Crippen molar-refractivity contribution in [3.63, 3.8) is 0 Å². The molecule has 0 N–H and O–H groups in total. The van der Waals surface area contributed by atoms with Crippen LogP contribution < -0.4 is 0 Å². The van der Waals surface area contributed by atoms with Gasteiger partial charge in [-0.25, -0.2) is 0 Å². The van der Waals surface area contributed by atoms with Crippen molar-refractivity contribution in [1.29, 1.82) is 0 Å². The summed E-state index contributed by atoms with van der Waals surface area (Å²) in [4.78, 5) is 0. The molecule has 3 heteroatoms. The molecule has 2 bridgehead atoms. The summed E-state index contributed by atoms with van der Waals surface area (Å²) >= 11 is 0. The summed E-state index contributed by atoms with van der Waals surface area (Å²) in [7, 11) is 0. The van der Waals surface area contributed by atoms with Crippen LogP contribution in [0.3, 0.4) is 0 Å². The van der Waals surface area contributed by atoms with E-state index in [1.807, 2.05) is 31.2 Å². The van der Waals surface area contributed by atoms with Gasteiger partial charge in [-0.2, -0.15) is 0 Å². The van der Waals surface area contributed by atoms with E-state index < -0.39 is 5.97 Å². The van der Waals surface area contributed by atoms with Gasteiger partial charge in [0.1, 0.15) is 0 Å². The van der Waals surface area contributed by atoms with Crippen molar-refractivity contribution in [3.05, 3.63) is 35.4 Å². The van der Waals surface area contributed by atoms with E-state index in [0.29, 0.717) is 5.92 Å². The second-order valence-corrected chi connectivity index (χ2v) is 6.56. The fraction of sp³-hybridized carbons (Fsp3) is 0.556. The molecule has 0 unspecified atom stereocenters. The van der Waals surface area contributed by atoms with Crippen molar-refractivity contribution in [2.75, 3.05) is 19.8 Å². The van der Waals surface area contributed by atoms with Gasteiger partial charge in [0.25, 0.3) is 0 Å². The summed E-state index contributed by atoms with van der Waals surface area (Å²) in [6.07, 6.45) is 1.27. The van der Waals surface area contributed by atoms with Gasteiger partial charge in [0, 0.05) is 16.5 Å². The average molecular weight is 284 g/mol. The van der Waals surface area contributed by atoms with E-state index in [2.05, 4.69) is 18.8 Å². The highest BCUT2D eigenvalue weighted by atomic mass is 16.9. The second kappa shape index (κ2) is 4.58. The molecule has 21 heavy (non-hydrogen) atoms. The Kier molecular flexibility index (Phi) is 2.91. The molecular weight excluding hydrogens is 264 g/mol.